The third-order valence-corrected chi connectivity index (χ3v) is 4.16. The molecule has 2 amide bonds. The number of anilines is 1. The van der Waals surface area contributed by atoms with Crippen molar-refractivity contribution in [1.29, 1.82) is 0 Å². The molecule has 2 rings (SSSR count). The first-order valence-electron chi connectivity index (χ1n) is 9.03. The predicted octanol–water partition coefficient (Wildman–Crippen LogP) is 2.73. The van der Waals surface area contributed by atoms with E-state index in [0.29, 0.717) is 53.6 Å². The Bertz CT molecular complexity index is 828. The van der Waals surface area contributed by atoms with Crippen LogP contribution in [0.1, 0.15) is 27.1 Å². The van der Waals surface area contributed by atoms with Gasteiger partial charge in [-0.25, -0.2) is 0 Å². The van der Waals surface area contributed by atoms with E-state index in [1.807, 2.05) is 0 Å². The number of nitrogens with one attached hydrogen (secondary N) is 2. The average molecular weight is 402 g/mol. The molecule has 0 fully saturated rings. The second kappa shape index (κ2) is 10.9. The zero-order valence-electron chi connectivity index (χ0n) is 17.0. The molecule has 0 aliphatic heterocycles. The molecular formula is C21H26N2O6. The van der Waals surface area contributed by atoms with Gasteiger partial charge in [0.1, 0.15) is 0 Å². The Hall–Kier alpha value is -3.26. The van der Waals surface area contributed by atoms with E-state index in [4.69, 9.17) is 18.9 Å². The Morgan fingerprint density at radius 2 is 1.55 bits per heavy atom. The molecule has 0 spiro atoms. The molecule has 2 aromatic rings. The fraction of sp³-hybridized carbons (Fsp3) is 0.333. The minimum atomic E-state index is -0.413. The van der Waals surface area contributed by atoms with Crippen LogP contribution in [0, 0.1) is 0 Å². The van der Waals surface area contributed by atoms with E-state index >= 15 is 0 Å². The topological polar surface area (TPSA) is 95.1 Å². The number of benzene rings is 2. The standard InChI is InChI=1S/C21H26N2O6/c1-26-11-7-10-22-21(25)15-8-5-6-9-16(15)23-20(24)14-12-17(27-2)19(29-4)18(13-14)28-3/h5-6,8-9,12-13H,7,10-11H2,1-4H3,(H,22,25)(H,23,24). The van der Waals surface area contributed by atoms with Gasteiger partial charge in [0.25, 0.3) is 11.8 Å². The highest BCUT2D eigenvalue weighted by atomic mass is 16.5. The maximum atomic E-state index is 12.8. The minimum Gasteiger partial charge on any atom is -0.493 e. The van der Waals surface area contributed by atoms with Gasteiger partial charge in [-0.1, -0.05) is 12.1 Å². The summed E-state index contributed by atoms with van der Waals surface area (Å²) in [4.78, 5) is 25.3. The molecule has 0 aromatic heterocycles. The molecular weight excluding hydrogens is 376 g/mol. The van der Waals surface area contributed by atoms with Gasteiger partial charge in [-0.05, 0) is 30.7 Å². The number of hydrogen-bond donors (Lipinski definition) is 2. The number of carbonyl (C=O) groups excluding carboxylic acids is 2. The van der Waals surface area contributed by atoms with Crippen molar-refractivity contribution in [3.8, 4) is 17.2 Å². The lowest BCUT2D eigenvalue weighted by Gasteiger charge is -2.15. The zero-order valence-corrected chi connectivity index (χ0v) is 17.0. The molecule has 29 heavy (non-hydrogen) atoms. The number of amides is 2. The van der Waals surface area contributed by atoms with Gasteiger partial charge in [-0.3, -0.25) is 9.59 Å². The number of hydrogen-bond acceptors (Lipinski definition) is 6. The van der Waals surface area contributed by atoms with E-state index in [9.17, 15) is 9.59 Å². The summed E-state index contributed by atoms with van der Waals surface area (Å²) >= 11 is 0. The van der Waals surface area contributed by atoms with E-state index in [1.165, 1.54) is 21.3 Å². The first kappa shape index (κ1) is 22.0. The third kappa shape index (κ3) is 5.61. The lowest BCUT2D eigenvalue weighted by atomic mass is 10.1. The van der Waals surface area contributed by atoms with Gasteiger partial charge >= 0.3 is 0 Å². The van der Waals surface area contributed by atoms with Crippen LogP contribution in [0.15, 0.2) is 36.4 Å². The van der Waals surface area contributed by atoms with E-state index in [1.54, 1.807) is 43.5 Å². The van der Waals surface area contributed by atoms with Gasteiger partial charge < -0.3 is 29.6 Å². The summed E-state index contributed by atoms with van der Waals surface area (Å²) < 4.78 is 20.8. The normalized spacial score (nSPS) is 10.2. The van der Waals surface area contributed by atoms with Crippen LogP contribution in [0.3, 0.4) is 0 Å². The maximum absolute atomic E-state index is 12.8. The quantitative estimate of drug-likeness (QED) is 0.594. The third-order valence-electron chi connectivity index (χ3n) is 4.16. The van der Waals surface area contributed by atoms with Crippen molar-refractivity contribution in [2.45, 2.75) is 6.42 Å². The van der Waals surface area contributed by atoms with Gasteiger partial charge in [0, 0.05) is 25.8 Å². The molecule has 0 atom stereocenters. The Morgan fingerprint density at radius 1 is 0.897 bits per heavy atom. The fourth-order valence-corrected chi connectivity index (χ4v) is 2.71. The highest BCUT2D eigenvalue weighted by molar-refractivity contribution is 6.09. The molecule has 8 heteroatoms. The Morgan fingerprint density at radius 3 is 2.14 bits per heavy atom. The van der Waals surface area contributed by atoms with Gasteiger partial charge in [0.05, 0.1) is 32.6 Å². The number of methoxy groups -OCH3 is 4. The molecule has 2 N–H and O–H groups in total. The summed E-state index contributed by atoms with van der Waals surface area (Å²) in [5, 5.41) is 5.59. The van der Waals surface area contributed by atoms with Crippen LogP contribution < -0.4 is 24.8 Å². The van der Waals surface area contributed by atoms with E-state index in [2.05, 4.69) is 10.6 Å². The predicted molar refractivity (Wildman–Crippen MR) is 109 cm³/mol. The molecule has 0 heterocycles. The van der Waals surface area contributed by atoms with Crippen LogP contribution in [-0.4, -0.2) is 53.4 Å². The molecule has 0 aliphatic rings. The molecule has 0 saturated heterocycles. The van der Waals surface area contributed by atoms with Crippen LogP contribution in [0.2, 0.25) is 0 Å². The van der Waals surface area contributed by atoms with Gasteiger partial charge in [0.2, 0.25) is 5.75 Å². The summed E-state index contributed by atoms with van der Waals surface area (Å²) in [5.74, 6) is 0.426. The minimum absolute atomic E-state index is 0.276. The molecule has 0 aliphatic carbocycles. The number of ether oxygens (including phenoxy) is 4. The summed E-state index contributed by atoms with van der Waals surface area (Å²) in [5.41, 5.74) is 1.07. The fourth-order valence-electron chi connectivity index (χ4n) is 2.71. The Kier molecular flexibility index (Phi) is 8.29. The SMILES string of the molecule is COCCCNC(=O)c1ccccc1NC(=O)c1cc(OC)c(OC)c(OC)c1. The van der Waals surface area contributed by atoms with Crippen molar-refractivity contribution in [2.75, 3.05) is 46.9 Å². The first-order valence-corrected chi connectivity index (χ1v) is 9.03. The number of rotatable bonds is 10. The molecule has 0 bridgehead atoms. The molecule has 2 aromatic carbocycles. The van der Waals surface area contributed by atoms with E-state index in [0.717, 1.165) is 0 Å². The summed E-state index contributed by atoms with van der Waals surface area (Å²) in [6, 6.07) is 9.89. The maximum Gasteiger partial charge on any atom is 0.255 e. The average Bonchev–Trinajstić information content (AvgIpc) is 2.75. The summed E-state index contributed by atoms with van der Waals surface area (Å²) in [7, 11) is 6.04. The van der Waals surface area contributed by atoms with Crippen molar-refractivity contribution >= 4 is 17.5 Å². The van der Waals surface area contributed by atoms with Crippen molar-refractivity contribution in [3.05, 3.63) is 47.5 Å². The molecule has 0 saturated carbocycles. The van der Waals surface area contributed by atoms with Crippen molar-refractivity contribution in [2.24, 2.45) is 0 Å². The van der Waals surface area contributed by atoms with Crippen LogP contribution in [0.4, 0.5) is 5.69 Å². The Labute approximate surface area is 170 Å². The number of carbonyl (C=O) groups is 2. The van der Waals surface area contributed by atoms with Crippen molar-refractivity contribution < 1.29 is 28.5 Å². The number of para-hydroxylation sites is 1. The second-order valence-corrected chi connectivity index (χ2v) is 6.02. The highest BCUT2D eigenvalue weighted by Crippen LogP contribution is 2.38. The van der Waals surface area contributed by atoms with Crippen LogP contribution in [0.25, 0.3) is 0 Å². The zero-order chi connectivity index (χ0) is 21.2. The van der Waals surface area contributed by atoms with Gasteiger partial charge in [-0.2, -0.15) is 0 Å². The summed E-state index contributed by atoms with van der Waals surface area (Å²) in [6.45, 7) is 1.03. The van der Waals surface area contributed by atoms with Crippen molar-refractivity contribution in [1.82, 2.24) is 5.32 Å². The lowest BCUT2D eigenvalue weighted by Crippen LogP contribution is -2.26. The smallest absolute Gasteiger partial charge is 0.255 e. The monoisotopic (exact) mass is 402 g/mol. The van der Waals surface area contributed by atoms with Gasteiger partial charge in [-0.15, -0.1) is 0 Å². The molecule has 156 valence electrons. The second-order valence-electron chi connectivity index (χ2n) is 6.02. The Balaban J connectivity index is 2.22. The lowest BCUT2D eigenvalue weighted by molar-refractivity contribution is 0.0949. The van der Waals surface area contributed by atoms with E-state index in [-0.39, 0.29) is 5.91 Å². The van der Waals surface area contributed by atoms with Crippen LogP contribution in [0.5, 0.6) is 17.2 Å². The molecule has 8 nitrogen and oxygen atoms in total. The van der Waals surface area contributed by atoms with Crippen LogP contribution in [-0.2, 0) is 4.74 Å². The highest BCUT2D eigenvalue weighted by Gasteiger charge is 2.19. The van der Waals surface area contributed by atoms with Gasteiger partial charge in [0.15, 0.2) is 11.5 Å². The molecule has 0 unspecified atom stereocenters. The van der Waals surface area contributed by atoms with Crippen LogP contribution >= 0.6 is 0 Å². The summed E-state index contributed by atoms with van der Waals surface area (Å²) in [6.07, 6.45) is 0.697. The molecule has 0 radical (unpaired) electrons. The van der Waals surface area contributed by atoms with Crippen molar-refractivity contribution in [3.63, 3.8) is 0 Å². The van der Waals surface area contributed by atoms with E-state index < -0.39 is 5.91 Å². The largest absolute Gasteiger partial charge is 0.493 e. The first-order chi connectivity index (χ1) is 14.0.